The molecule has 0 N–H and O–H groups in total. The quantitative estimate of drug-likeness (QED) is 0.539. The third kappa shape index (κ3) is 3.02. The molecule has 26 heavy (non-hydrogen) atoms. The summed E-state index contributed by atoms with van der Waals surface area (Å²) < 4.78 is 12.3. The Labute approximate surface area is 153 Å². The summed E-state index contributed by atoms with van der Waals surface area (Å²) in [7, 11) is 3.24. The van der Waals surface area contributed by atoms with Gasteiger partial charge in [0.1, 0.15) is 10.7 Å². The molecule has 0 amide bonds. The predicted octanol–water partition coefficient (Wildman–Crippen LogP) is 3.44. The Bertz CT molecular complexity index is 1070. The van der Waals surface area contributed by atoms with Crippen molar-refractivity contribution >= 4 is 28.4 Å². The normalized spacial score (nSPS) is 11.3. The number of benzene rings is 1. The van der Waals surface area contributed by atoms with Crippen molar-refractivity contribution in [1.82, 2.24) is 24.8 Å². The molecule has 3 heterocycles. The van der Waals surface area contributed by atoms with Gasteiger partial charge in [-0.1, -0.05) is 29.5 Å². The number of aromatic nitrogens is 5. The maximum absolute atomic E-state index is 5.33. The highest BCUT2D eigenvalue weighted by Gasteiger charge is 2.13. The van der Waals surface area contributed by atoms with Crippen LogP contribution in [0.5, 0.6) is 11.5 Å². The van der Waals surface area contributed by atoms with Crippen LogP contribution in [-0.2, 0) is 0 Å². The first-order valence-corrected chi connectivity index (χ1v) is 8.64. The largest absolute Gasteiger partial charge is 0.493 e. The number of ether oxygens (including phenoxy) is 2. The minimum Gasteiger partial charge on any atom is -0.493 e. The summed E-state index contributed by atoms with van der Waals surface area (Å²) in [6, 6.07) is 11.4. The summed E-state index contributed by atoms with van der Waals surface area (Å²) in [5, 5.41) is 13.7. The van der Waals surface area contributed by atoms with Gasteiger partial charge < -0.3 is 9.47 Å². The average molecular weight is 365 g/mol. The minimum absolute atomic E-state index is 0.627. The maximum Gasteiger partial charge on any atom is 0.235 e. The maximum atomic E-state index is 5.33. The van der Waals surface area contributed by atoms with Crippen LogP contribution < -0.4 is 9.47 Å². The van der Waals surface area contributed by atoms with Crippen LogP contribution in [0.25, 0.3) is 28.6 Å². The number of hydrogen-bond acceptors (Lipinski definition) is 7. The van der Waals surface area contributed by atoms with Crippen molar-refractivity contribution in [2.24, 2.45) is 0 Å². The van der Waals surface area contributed by atoms with E-state index in [1.165, 1.54) is 11.3 Å². The van der Waals surface area contributed by atoms with Gasteiger partial charge in [0.15, 0.2) is 11.5 Å². The van der Waals surface area contributed by atoms with E-state index in [2.05, 4.69) is 20.3 Å². The molecule has 0 aliphatic rings. The minimum atomic E-state index is 0.627. The lowest BCUT2D eigenvalue weighted by Crippen LogP contribution is -1.92. The molecule has 0 aliphatic carbocycles. The summed E-state index contributed by atoms with van der Waals surface area (Å²) in [6.07, 6.45) is 5.62. The van der Waals surface area contributed by atoms with E-state index >= 15 is 0 Å². The van der Waals surface area contributed by atoms with Gasteiger partial charge in [-0.15, -0.1) is 10.2 Å². The molecule has 0 atom stereocenters. The van der Waals surface area contributed by atoms with Crippen molar-refractivity contribution in [3.05, 3.63) is 53.2 Å². The van der Waals surface area contributed by atoms with Gasteiger partial charge in [0.25, 0.3) is 0 Å². The van der Waals surface area contributed by atoms with Crippen LogP contribution in [0, 0.1) is 0 Å². The highest BCUT2D eigenvalue weighted by Crippen LogP contribution is 2.28. The van der Waals surface area contributed by atoms with Gasteiger partial charge in [0, 0.05) is 6.20 Å². The number of nitrogens with zero attached hydrogens (tertiary/aromatic N) is 5. The zero-order valence-corrected chi connectivity index (χ0v) is 15.0. The van der Waals surface area contributed by atoms with E-state index in [4.69, 9.17) is 9.47 Å². The van der Waals surface area contributed by atoms with Crippen LogP contribution in [0.3, 0.4) is 0 Å². The van der Waals surface area contributed by atoms with Crippen molar-refractivity contribution in [3.8, 4) is 23.0 Å². The predicted molar refractivity (Wildman–Crippen MR) is 100 cm³/mol. The zero-order chi connectivity index (χ0) is 17.9. The number of methoxy groups -OCH3 is 2. The van der Waals surface area contributed by atoms with Gasteiger partial charge in [0.05, 0.1) is 14.2 Å². The second-order valence-electron chi connectivity index (χ2n) is 5.32. The molecule has 4 aromatic rings. The first-order valence-electron chi connectivity index (χ1n) is 7.82. The molecular weight excluding hydrogens is 350 g/mol. The van der Waals surface area contributed by atoms with E-state index in [-0.39, 0.29) is 0 Å². The molecule has 130 valence electrons. The SMILES string of the molecule is COc1ccc(/C=C\c2nn3c(-c4ccccn4)nnc3s2)cc1OC. The second kappa shape index (κ2) is 6.93. The molecule has 8 heteroatoms. The standard InChI is InChI=1S/C18H15N5O2S/c1-24-14-8-6-12(11-15(14)25-2)7-9-16-22-23-17(20-21-18(23)26-16)13-5-3-4-10-19-13/h3-11H,1-2H3/b9-7-. The van der Waals surface area contributed by atoms with Crippen molar-refractivity contribution in [3.63, 3.8) is 0 Å². The van der Waals surface area contributed by atoms with Crippen LogP contribution in [0.15, 0.2) is 42.6 Å². The zero-order valence-electron chi connectivity index (χ0n) is 14.2. The van der Waals surface area contributed by atoms with E-state index in [0.717, 1.165) is 21.2 Å². The Morgan fingerprint density at radius 2 is 1.88 bits per heavy atom. The van der Waals surface area contributed by atoms with Gasteiger partial charge in [-0.3, -0.25) is 4.98 Å². The molecule has 0 bridgehead atoms. The summed E-state index contributed by atoms with van der Waals surface area (Å²) in [5.74, 6) is 2.01. The lowest BCUT2D eigenvalue weighted by Gasteiger charge is -2.07. The highest BCUT2D eigenvalue weighted by molar-refractivity contribution is 7.17. The van der Waals surface area contributed by atoms with E-state index in [0.29, 0.717) is 17.3 Å². The average Bonchev–Trinajstić information content (AvgIpc) is 3.27. The van der Waals surface area contributed by atoms with Gasteiger partial charge in [-0.25, -0.2) is 0 Å². The van der Waals surface area contributed by atoms with Gasteiger partial charge in [-0.2, -0.15) is 9.61 Å². The van der Waals surface area contributed by atoms with E-state index in [1.54, 1.807) is 24.9 Å². The number of fused-ring (bicyclic) bond motifs is 1. The number of rotatable bonds is 5. The molecular formula is C18H15N5O2S. The number of hydrogen-bond donors (Lipinski definition) is 0. The summed E-state index contributed by atoms with van der Waals surface area (Å²) >= 11 is 1.46. The molecule has 0 fully saturated rings. The fraction of sp³-hybridized carbons (Fsp3) is 0.111. The Kier molecular flexibility index (Phi) is 4.32. The van der Waals surface area contributed by atoms with Crippen molar-refractivity contribution in [2.45, 2.75) is 0 Å². The Morgan fingerprint density at radius 3 is 2.65 bits per heavy atom. The molecule has 3 aromatic heterocycles. The molecule has 0 unspecified atom stereocenters. The molecule has 0 saturated carbocycles. The summed E-state index contributed by atoms with van der Waals surface area (Å²) in [6.45, 7) is 0. The first kappa shape index (κ1) is 16.2. The lowest BCUT2D eigenvalue weighted by atomic mass is 10.2. The third-order valence-corrected chi connectivity index (χ3v) is 4.59. The lowest BCUT2D eigenvalue weighted by molar-refractivity contribution is 0.355. The van der Waals surface area contributed by atoms with Crippen LogP contribution in [0.1, 0.15) is 10.6 Å². The van der Waals surface area contributed by atoms with E-state index in [1.807, 2.05) is 48.6 Å². The van der Waals surface area contributed by atoms with Crippen LogP contribution >= 0.6 is 11.3 Å². The molecule has 0 radical (unpaired) electrons. The topological polar surface area (TPSA) is 74.4 Å². The number of pyridine rings is 1. The van der Waals surface area contributed by atoms with Gasteiger partial charge in [-0.05, 0) is 35.9 Å². The van der Waals surface area contributed by atoms with Crippen LogP contribution in [0.4, 0.5) is 0 Å². The molecule has 1 aromatic carbocycles. The fourth-order valence-electron chi connectivity index (χ4n) is 2.48. The van der Waals surface area contributed by atoms with Gasteiger partial charge in [0.2, 0.25) is 10.8 Å². The van der Waals surface area contributed by atoms with Crippen LogP contribution in [0.2, 0.25) is 0 Å². The highest BCUT2D eigenvalue weighted by atomic mass is 32.1. The second-order valence-corrected chi connectivity index (χ2v) is 6.31. The van der Waals surface area contributed by atoms with Crippen LogP contribution in [-0.4, -0.2) is 39.0 Å². The Balaban J connectivity index is 1.64. The molecule has 0 saturated heterocycles. The van der Waals surface area contributed by atoms with E-state index < -0.39 is 0 Å². The third-order valence-electron chi connectivity index (χ3n) is 3.73. The molecule has 0 spiro atoms. The monoisotopic (exact) mass is 365 g/mol. The van der Waals surface area contributed by atoms with Crippen molar-refractivity contribution in [2.75, 3.05) is 14.2 Å². The molecule has 0 aliphatic heterocycles. The van der Waals surface area contributed by atoms with E-state index in [9.17, 15) is 0 Å². The summed E-state index contributed by atoms with van der Waals surface area (Å²) in [5.41, 5.74) is 1.72. The molecule has 4 rings (SSSR count). The molecule has 7 nitrogen and oxygen atoms in total. The smallest absolute Gasteiger partial charge is 0.235 e. The Hall–Kier alpha value is -3.26. The first-order chi connectivity index (χ1) is 12.8. The Morgan fingerprint density at radius 1 is 1.00 bits per heavy atom. The fourth-order valence-corrected chi connectivity index (χ4v) is 3.22. The van der Waals surface area contributed by atoms with Crippen molar-refractivity contribution in [1.29, 1.82) is 0 Å². The van der Waals surface area contributed by atoms with Gasteiger partial charge >= 0.3 is 0 Å². The summed E-state index contributed by atoms with van der Waals surface area (Å²) in [4.78, 5) is 5.03. The van der Waals surface area contributed by atoms with Crippen molar-refractivity contribution < 1.29 is 9.47 Å².